The van der Waals surface area contributed by atoms with E-state index in [2.05, 4.69) is 21.8 Å². The van der Waals surface area contributed by atoms with Crippen molar-refractivity contribution in [2.45, 2.75) is 13.0 Å². The minimum absolute atomic E-state index is 0.251. The summed E-state index contributed by atoms with van der Waals surface area (Å²) in [6, 6.07) is 20.5. The van der Waals surface area contributed by atoms with Crippen molar-refractivity contribution in [3.8, 4) is 5.75 Å². The summed E-state index contributed by atoms with van der Waals surface area (Å²) in [5.74, 6) is 1.04. The number of nitrogens with zero attached hydrogens (tertiary/aromatic N) is 2. The second-order valence-electron chi connectivity index (χ2n) is 8.20. The number of ether oxygens (including phenoxy) is 1. The SMILES string of the molecule is COc1cccc(C2=CC(c3ccc(Cl)cc3)n3ncc(C(=O)Nc4cc(Cl)ccc4C)c3N2)c1. The fraction of sp³-hybridized carbons (Fsp3) is 0.111. The minimum atomic E-state index is -0.286. The molecule has 1 aliphatic heterocycles. The number of amides is 1. The topological polar surface area (TPSA) is 68.2 Å². The highest BCUT2D eigenvalue weighted by atomic mass is 35.5. The number of fused-ring (bicyclic) bond motifs is 1. The van der Waals surface area contributed by atoms with E-state index in [0.29, 0.717) is 27.1 Å². The minimum Gasteiger partial charge on any atom is -0.497 e. The van der Waals surface area contributed by atoms with Crippen molar-refractivity contribution in [2.24, 2.45) is 0 Å². The molecule has 2 N–H and O–H groups in total. The fourth-order valence-corrected chi connectivity index (χ4v) is 4.33. The molecular weight excluding hydrogens is 483 g/mol. The number of halogens is 2. The van der Waals surface area contributed by atoms with E-state index in [1.165, 1.54) is 0 Å². The second-order valence-corrected chi connectivity index (χ2v) is 9.07. The molecule has 3 aromatic carbocycles. The Morgan fingerprint density at radius 1 is 1.06 bits per heavy atom. The first-order valence-corrected chi connectivity index (χ1v) is 11.7. The number of anilines is 2. The maximum Gasteiger partial charge on any atom is 0.261 e. The normalized spacial score (nSPS) is 14.5. The molecule has 8 heteroatoms. The zero-order valence-corrected chi connectivity index (χ0v) is 20.6. The average Bonchev–Trinajstić information content (AvgIpc) is 3.30. The molecule has 0 aliphatic carbocycles. The number of benzene rings is 3. The van der Waals surface area contributed by atoms with E-state index in [1.54, 1.807) is 30.1 Å². The first-order valence-electron chi connectivity index (χ1n) is 11.0. The number of nitrogens with one attached hydrogen (secondary N) is 2. The largest absolute Gasteiger partial charge is 0.497 e. The van der Waals surface area contributed by atoms with Crippen LogP contribution >= 0.6 is 23.2 Å². The van der Waals surface area contributed by atoms with Gasteiger partial charge in [-0.05, 0) is 60.5 Å². The lowest BCUT2D eigenvalue weighted by atomic mass is 10.0. The van der Waals surface area contributed by atoms with Crippen LogP contribution in [0.25, 0.3) is 5.70 Å². The molecule has 0 bridgehead atoms. The summed E-state index contributed by atoms with van der Waals surface area (Å²) in [5.41, 5.74) is 4.72. The monoisotopic (exact) mass is 504 g/mol. The van der Waals surface area contributed by atoms with Crippen molar-refractivity contribution in [1.82, 2.24) is 9.78 Å². The van der Waals surface area contributed by atoms with Crippen LogP contribution < -0.4 is 15.4 Å². The molecule has 1 amide bonds. The molecule has 1 unspecified atom stereocenters. The van der Waals surface area contributed by atoms with Crippen LogP contribution in [0.5, 0.6) is 5.75 Å². The fourth-order valence-electron chi connectivity index (χ4n) is 4.04. The lowest BCUT2D eigenvalue weighted by molar-refractivity contribution is 0.102. The Morgan fingerprint density at radius 2 is 1.83 bits per heavy atom. The maximum absolute atomic E-state index is 13.3. The van der Waals surface area contributed by atoms with Gasteiger partial charge in [0, 0.05) is 27.0 Å². The number of rotatable bonds is 5. The van der Waals surface area contributed by atoms with Crippen molar-refractivity contribution in [2.75, 3.05) is 17.7 Å². The smallest absolute Gasteiger partial charge is 0.261 e. The van der Waals surface area contributed by atoms with Gasteiger partial charge in [0.2, 0.25) is 0 Å². The van der Waals surface area contributed by atoms with Crippen molar-refractivity contribution < 1.29 is 9.53 Å². The second kappa shape index (κ2) is 9.49. The molecule has 1 atom stereocenters. The number of hydrogen-bond acceptors (Lipinski definition) is 4. The number of carbonyl (C=O) groups excluding carboxylic acids is 1. The van der Waals surface area contributed by atoms with Crippen LogP contribution in [0.2, 0.25) is 10.0 Å². The Balaban J connectivity index is 1.57. The van der Waals surface area contributed by atoms with Crippen molar-refractivity contribution in [1.29, 1.82) is 0 Å². The third-order valence-corrected chi connectivity index (χ3v) is 6.41. The van der Waals surface area contributed by atoms with Gasteiger partial charge < -0.3 is 15.4 Å². The van der Waals surface area contributed by atoms with Crippen LogP contribution in [-0.2, 0) is 0 Å². The summed E-state index contributed by atoms with van der Waals surface area (Å²) in [7, 11) is 1.63. The molecule has 0 saturated carbocycles. The van der Waals surface area contributed by atoms with Crippen LogP contribution in [0, 0.1) is 6.92 Å². The molecule has 0 spiro atoms. The summed E-state index contributed by atoms with van der Waals surface area (Å²) in [6.45, 7) is 1.91. The first-order chi connectivity index (χ1) is 16.9. The number of allylic oxidation sites excluding steroid dienone is 1. The summed E-state index contributed by atoms with van der Waals surface area (Å²) in [5, 5.41) is 12.1. The van der Waals surface area contributed by atoms with E-state index in [1.807, 2.05) is 61.5 Å². The van der Waals surface area contributed by atoms with Gasteiger partial charge in [-0.2, -0.15) is 5.10 Å². The van der Waals surface area contributed by atoms with E-state index in [0.717, 1.165) is 28.1 Å². The Hall–Kier alpha value is -3.74. The van der Waals surface area contributed by atoms with Gasteiger partial charge >= 0.3 is 0 Å². The van der Waals surface area contributed by atoms with Crippen LogP contribution in [0.1, 0.15) is 33.1 Å². The van der Waals surface area contributed by atoms with Crippen LogP contribution in [0.3, 0.4) is 0 Å². The molecule has 1 aliphatic rings. The first kappa shape index (κ1) is 23.0. The Labute approximate surface area is 213 Å². The number of methoxy groups -OCH3 is 1. The predicted molar refractivity (Wildman–Crippen MR) is 141 cm³/mol. The highest BCUT2D eigenvalue weighted by Crippen LogP contribution is 2.36. The van der Waals surface area contributed by atoms with E-state index >= 15 is 0 Å². The van der Waals surface area contributed by atoms with Gasteiger partial charge in [-0.3, -0.25) is 4.79 Å². The van der Waals surface area contributed by atoms with E-state index in [4.69, 9.17) is 27.9 Å². The molecular formula is C27H22Cl2N4O2. The summed E-state index contributed by atoms with van der Waals surface area (Å²) >= 11 is 12.3. The molecule has 4 aromatic rings. The molecule has 1 aromatic heterocycles. The highest BCUT2D eigenvalue weighted by Gasteiger charge is 2.28. The van der Waals surface area contributed by atoms with Crippen molar-refractivity contribution in [3.63, 3.8) is 0 Å². The van der Waals surface area contributed by atoms with E-state index in [-0.39, 0.29) is 11.9 Å². The Bertz CT molecular complexity index is 1440. The number of aryl methyl sites for hydroxylation is 1. The lowest BCUT2D eigenvalue weighted by Crippen LogP contribution is -2.22. The lowest BCUT2D eigenvalue weighted by Gasteiger charge is -2.26. The van der Waals surface area contributed by atoms with Crippen LogP contribution in [0.15, 0.2) is 79.0 Å². The summed E-state index contributed by atoms with van der Waals surface area (Å²) < 4.78 is 7.21. The van der Waals surface area contributed by atoms with Crippen molar-refractivity contribution in [3.05, 3.63) is 111 Å². The molecule has 6 nitrogen and oxygen atoms in total. The van der Waals surface area contributed by atoms with Gasteiger partial charge in [-0.15, -0.1) is 0 Å². The third kappa shape index (κ3) is 4.63. The molecule has 2 heterocycles. The number of carbonyl (C=O) groups is 1. The Morgan fingerprint density at radius 3 is 2.60 bits per heavy atom. The quantitative estimate of drug-likeness (QED) is 0.313. The standard InChI is InChI=1S/C27H22Cl2N4O2/c1-16-6-9-20(29)13-23(16)32-27(34)22-15-30-33-25(17-7-10-19(28)11-8-17)14-24(31-26(22)33)18-4-3-5-21(12-18)35-2/h3-15,25,31H,1-2H3,(H,32,34). The number of aromatic nitrogens is 2. The summed E-state index contributed by atoms with van der Waals surface area (Å²) in [6.07, 6.45) is 3.64. The van der Waals surface area contributed by atoms with E-state index < -0.39 is 0 Å². The average molecular weight is 505 g/mol. The van der Waals surface area contributed by atoms with Gasteiger partial charge in [0.1, 0.15) is 17.1 Å². The zero-order valence-electron chi connectivity index (χ0n) is 19.0. The molecule has 176 valence electrons. The molecule has 35 heavy (non-hydrogen) atoms. The van der Waals surface area contributed by atoms with Crippen LogP contribution in [-0.4, -0.2) is 22.8 Å². The Kier molecular flexibility index (Phi) is 6.24. The maximum atomic E-state index is 13.3. The van der Waals surface area contributed by atoms with Gasteiger partial charge in [-0.1, -0.05) is 53.5 Å². The van der Waals surface area contributed by atoms with Gasteiger partial charge in [0.05, 0.1) is 19.3 Å². The highest BCUT2D eigenvalue weighted by molar-refractivity contribution is 6.31. The molecule has 0 radical (unpaired) electrons. The third-order valence-electron chi connectivity index (χ3n) is 5.92. The summed E-state index contributed by atoms with van der Waals surface area (Å²) in [4.78, 5) is 13.3. The van der Waals surface area contributed by atoms with Crippen molar-refractivity contribution >= 4 is 46.3 Å². The van der Waals surface area contributed by atoms with Gasteiger partial charge in [0.15, 0.2) is 0 Å². The van der Waals surface area contributed by atoms with Gasteiger partial charge in [-0.25, -0.2) is 4.68 Å². The van der Waals surface area contributed by atoms with Gasteiger partial charge in [0.25, 0.3) is 5.91 Å². The predicted octanol–water partition coefficient (Wildman–Crippen LogP) is 6.82. The zero-order chi connectivity index (χ0) is 24.5. The number of hydrogen-bond donors (Lipinski definition) is 2. The molecule has 0 saturated heterocycles. The molecule has 0 fully saturated rings. The molecule has 5 rings (SSSR count). The van der Waals surface area contributed by atoms with Crippen LogP contribution in [0.4, 0.5) is 11.5 Å². The van der Waals surface area contributed by atoms with E-state index in [9.17, 15) is 4.79 Å².